The summed E-state index contributed by atoms with van der Waals surface area (Å²) in [5.74, 6) is -0.0316. The zero-order valence-electron chi connectivity index (χ0n) is 12.3. The van der Waals surface area contributed by atoms with E-state index in [2.05, 4.69) is 21.7 Å². The van der Waals surface area contributed by atoms with Crippen molar-refractivity contribution < 1.29 is 4.79 Å². The molecule has 0 radical (unpaired) electrons. The maximum absolute atomic E-state index is 12.6. The van der Waals surface area contributed by atoms with E-state index in [1.54, 1.807) is 0 Å². The van der Waals surface area contributed by atoms with Crippen molar-refractivity contribution >= 4 is 11.6 Å². The van der Waals surface area contributed by atoms with Gasteiger partial charge in [0.25, 0.3) is 0 Å². The first-order chi connectivity index (χ1) is 10.1. The number of anilines is 1. The molecule has 1 aromatic heterocycles. The van der Waals surface area contributed by atoms with E-state index in [9.17, 15) is 4.79 Å². The number of aromatic nitrogens is 1. The Balaban J connectivity index is 1.83. The van der Waals surface area contributed by atoms with Gasteiger partial charge in [0.1, 0.15) is 6.04 Å². The molecule has 0 saturated carbocycles. The van der Waals surface area contributed by atoms with Crippen molar-refractivity contribution in [1.82, 2.24) is 10.3 Å². The molecule has 108 valence electrons. The van der Waals surface area contributed by atoms with Gasteiger partial charge in [0.2, 0.25) is 5.91 Å². The molecular formula is C17H19N3O. The van der Waals surface area contributed by atoms with Crippen LogP contribution in [-0.2, 0) is 11.2 Å². The SMILES string of the molecule is Cc1ccc(NC(=O)C2NCCc3ccccc32)c(C)n1. The zero-order chi connectivity index (χ0) is 14.8. The number of carbonyl (C=O) groups is 1. The molecule has 1 unspecified atom stereocenters. The minimum absolute atomic E-state index is 0.0316. The van der Waals surface area contributed by atoms with Gasteiger partial charge in [-0.25, -0.2) is 0 Å². The molecule has 0 fully saturated rings. The Labute approximate surface area is 124 Å². The normalized spacial score (nSPS) is 17.1. The molecule has 2 aromatic rings. The van der Waals surface area contributed by atoms with Gasteiger partial charge in [-0.05, 0) is 43.5 Å². The average Bonchev–Trinajstić information content (AvgIpc) is 2.49. The highest BCUT2D eigenvalue weighted by Gasteiger charge is 2.26. The second kappa shape index (κ2) is 5.66. The summed E-state index contributed by atoms with van der Waals surface area (Å²) in [7, 11) is 0. The van der Waals surface area contributed by atoms with Crippen LogP contribution in [-0.4, -0.2) is 17.4 Å². The smallest absolute Gasteiger partial charge is 0.246 e. The molecule has 1 aliphatic rings. The lowest BCUT2D eigenvalue weighted by atomic mass is 9.94. The van der Waals surface area contributed by atoms with Gasteiger partial charge >= 0.3 is 0 Å². The van der Waals surface area contributed by atoms with Crippen molar-refractivity contribution in [2.75, 3.05) is 11.9 Å². The number of fused-ring (bicyclic) bond motifs is 1. The van der Waals surface area contributed by atoms with E-state index in [4.69, 9.17) is 0 Å². The van der Waals surface area contributed by atoms with Gasteiger partial charge < -0.3 is 10.6 Å². The van der Waals surface area contributed by atoms with Crippen LogP contribution in [0.5, 0.6) is 0 Å². The fraction of sp³-hybridized carbons (Fsp3) is 0.294. The van der Waals surface area contributed by atoms with E-state index in [1.165, 1.54) is 5.56 Å². The summed E-state index contributed by atoms with van der Waals surface area (Å²) in [6, 6.07) is 11.6. The third-order valence-electron chi connectivity index (χ3n) is 3.85. The van der Waals surface area contributed by atoms with E-state index in [0.29, 0.717) is 0 Å². The first-order valence-electron chi connectivity index (χ1n) is 7.21. The van der Waals surface area contributed by atoms with Gasteiger partial charge in [0.05, 0.1) is 11.4 Å². The summed E-state index contributed by atoms with van der Waals surface area (Å²) in [5, 5.41) is 6.28. The average molecular weight is 281 g/mol. The maximum atomic E-state index is 12.6. The summed E-state index contributed by atoms with van der Waals surface area (Å²) < 4.78 is 0. The Morgan fingerprint density at radius 1 is 1.24 bits per heavy atom. The van der Waals surface area contributed by atoms with Crippen molar-refractivity contribution in [3.8, 4) is 0 Å². The first-order valence-corrected chi connectivity index (χ1v) is 7.21. The van der Waals surface area contributed by atoms with Crippen LogP contribution >= 0.6 is 0 Å². The number of rotatable bonds is 2. The topological polar surface area (TPSA) is 54.0 Å². The molecule has 21 heavy (non-hydrogen) atoms. The quantitative estimate of drug-likeness (QED) is 0.889. The fourth-order valence-corrected chi connectivity index (χ4v) is 2.76. The van der Waals surface area contributed by atoms with Gasteiger partial charge in [-0.15, -0.1) is 0 Å². The molecule has 1 atom stereocenters. The van der Waals surface area contributed by atoms with Crippen LogP contribution in [0.3, 0.4) is 0 Å². The Kier molecular flexibility index (Phi) is 3.71. The molecule has 1 aromatic carbocycles. The number of hydrogen-bond donors (Lipinski definition) is 2. The van der Waals surface area contributed by atoms with E-state index in [-0.39, 0.29) is 11.9 Å². The highest BCUT2D eigenvalue weighted by Crippen LogP contribution is 2.24. The number of benzene rings is 1. The molecule has 1 aliphatic heterocycles. The Morgan fingerprint density at radius 2 is 2.05 bits per heavy atom. The van der Waals surface area contributed by atoms with Crippen LogP contribution in [0.25, 0.3) is 0 Å². The van der Waals surface area contributed by atoms with E-state index >= 15 is 0 Å². The minimum Gasteiger partial charge on any atom is -0.323 e. The molecule has 3 rings (SSSR count). The van der Waals surface area contributed by atoms with Crippen molar-refractivity contribution in [3.63, 3.8) is 0 Å². The van der Waals surface area contributed by atoms with Crippen LogP contribution in [0.1, 0.15) is 28.6 Å². The van der Waals surface area contributed by atoms with Gasteiger partial charge in [0.15, 0.2) is 0 Å². The lowest BCUT2D eigenvalue weighted by molar-refractivity contribution is -0.118. The molecule has 4 heteroatoms. The standard InChI is InChI=1S/C17H19N3O/c1-11-7-8-15(12(2)19-11)20-17(21)16-14-6-4-3-5-13(14)9-10-18-16/h3-8,16,18H,9-10H2,1-2H3,(H,20,21). The summed E-state index contributed by atoms with van der Waals surface area (Å²) in [5.41, 5.74) is 4.88. The number of amides is 1. The molecular weight excluding hydrogens is 262 g/mol. The highest BCUT2D eigenvalue weighted by atomic mass is 16.2. The summed E-state index contributed by atoms with van der Waals surface area (Å²) in [6.45, 7) is 4.67. The lowest BCUT2D eigenvalue weighted by Gasteiger charge is -2.26. The zero-order valence-corrected chi connectivity index (χ0v) is 12.3. The van der Waals surface area contributed by atoms with E-state index < -0.39 is 0 Å². The number of hydrogen-bond acceptors (Lipinski definition) is 3. The van der Waals surface area contributed by atoms with Gasteiger partial charge in [0, 0.05) is 12.2 Å². The second-order valence-corrected chi connectivity index (χ2v) is 5.41. The monoisotopic (exact) mass is 281 g/mol. The maximum Gasteiger partial charge on any atom is 0.246 e. The lowest BCUT2D eigenvalue weighted by Crippen LogP contribution is -2.38. The molecule has 2 N–H and O–H groups in total. The number of carbonyl (C=O) groups excluding carboxylic acids is 1. The van der Waals surface area contributed by atoms with Crippen molar-refractivity contribution in [2.24, 2.45) is 0 Å². The largest absolute Gasteiger partial charge is 0.323 e. The van der Waals surface area contributed by atoms with Crippen LogP contribution in [0.4, 0.5) is 5.69 Å². The molecule has 0 aliphatic carbocycles. The Bertz CT molecular complexity index is 681. The Hall–Kier alpha value is -2.20. The molecule has 2 heterocycles. The number of nitrogens with zero attached hydrogens (tertiary/aromatic N) is 1. The van der Waals surface area contributed by atoms with Crippen molar-refractivity contribution in [1.29, 1.82) is 0 Å². The van der Waals surface area contributed by atoms with Gasteiger partial charge in [-0.1, -0.05) is 24.3 Å². The molecule has 0 bridgehead atoms. The molecule has 0 spiro atoms. The van der Waals surface area contributed by atoms with Crippen LogP contribution in [0, 0.1) is 13.8 Å². The second-order valence-electron chi connectivity index (χ2n) is 5.41. The van der Waals surface area contributed by atoms with Crippen LogP contribution in [0.15, 0.2) is 36.4 Å². The predicted octanol–water partition coefficient (Wildman–Crippen LogP) is 2.52. The van der Waals surface area contributed by atoms with Crippen molar-refractivity contribution in [2.45, 2.75) is 26.3 Å². The van der Waals surface area contributed by atoms with Gasteiger partial charge in [-0.3, -0.25) is 9.78 Å². The number of pyridine rings is 1. The predicted molar refractivity (Wildman–Crippen MR) is 83.2 cm³/mol. The van der Waals surface area contributed by atoms with Crippen molar-refractivity contribution in [3.05, 3.63) is 58.9 Å². The third-order valence-corrected chi connectivity index (χ3v) is 3.85. The summed E-state index contributed by atoms with van der Waals surface area (Å²) in [4.78, 5) is 16.9. The third kappa shape index (κ3) is 2.81. The number of aryl methyl sites for hydroxylation is 2. The Morgan fingerprint density at radius 3 is 2.86 bits per heavy atom. The summed E-state index contributed by atoms with van der Waals surface area (Å²) in [6.07, 6.45) is 0.963. The first kappa shape index (κ1) is 13.8. The van der Waals surface area contributed by atoms with Gasteiger partial charge in [-0.2, -0.15) is 0 Å². The summed E-state index contributed by atoms with van der Waals surface area (Å²) >= 11 is 0. The van der Waals surface area contributed by atoms with Crippen LogP contribution in [0.2, 0.25) is 0 Å². The van der Waals surface area contributed by atoms with Crippen LogP contribution < -0.4 is 10.6 Å². The molecule has 0 saturated heterocycles. The molecule has 4 nitrogen and oxygen atoms in total. The fourth-order valence-electron chi connectivity index (χ4n) is 2.76. The molecule has 1 amide bonds. The highest BCUT2D eigenvalue weighted by molar-refractivity contribution is 5.96. The number of nitrogens with one attached hydrogen (secondary N) is 2. The minimum atomic E-state index is -0.296. The van der Waals surface area contributed by atoms with E-state index in [1.807, 2.05) is 44.2 Å². The van der Waals surface area contributed by atoms with E-state index in [0.717, 1.165) is 35.6 Å².